The minimum absolute atomic E-state index is 0.111. The summed E-state index contributed by atoms with van der Waals surface area (Å²) in [5, 5.41) is 4.66. The lowest BCUT2D eigenvalue weighted by Crippen LogP contribution is -2.18. The number of rotatable bonds is 4. The molecule has 1 heterocycles. The number of fused-ring (bicyclic) bond motifs is 1. The normalized spacial score (nSPS) is 12.7. The highest BCUT2D eigenvalue weighted by Crippen LogP contribution is 2.19. The van der Waals surface area contributed by atoms with Crippen molar-refractivity contribution < 1.29 is 4.39 Å². The summed E-state index contributed by atoms with van der Waals surface area (Å²) >= 11 is 0. The highest BCUT2D eigenvalue weighted by molar-refractivity contribution is 5.82. The van der Waals surface area contributed by atoms with Crippen molar-refractivity contribution in [1.82, 2.24) is 10.3 Å². The molecule has 1 aromatic heterocycles. The third-order valence-electron chi connectivity index (χ3n) is 3.62. The minimum atomic E-state index is -0.191. The van der Waals surface area contributed by atoms with Gasteiger partial charge in [0.1, 0.15) is 5.82 Å². The first-order valence-electron chi connectivity index (χ1n) is 6.78. The van der Waals surface area contributed by atoms with Crippen molar-refractivity contribution in [2.24, 2.45) is 0 Å². The zero-order valence-corrected chi connectivity index (χ0v) is 11.4. The Morgan fingerprint density at radius 3 is 2.85 bits per heavy atom. The maximum absolute atomic E-state index is 13.2. The van der Waals surface area contributed by atoms with Crippen LogP contribution in [-0.4, -0.2) is 4.98 Å². The summed E-state index contributed by atoms with van der Waals surface area (Å²) in [6.45, 7) is 2.80. The van der Waals surface area contributed by atoms with Crippen LogP contribution in [0.3, 0.4) is 0 Å². The van der Waals surface area contributed by atoms with Gasteiger partial charge in [-0.1, -0.05) is 30.3 Å². The van der Waals surface area contributed by atoms with E-state index in [1.165, 1.54) is 17.0 Å². The Labute approximate surface area is 117 Å². The largest absolute Gasteiger partial charge is 0.361 e. The van der Waals surface area contributed by atoms with E-state index in [0.29, 0.717) is 0 Å². The number of H-pyrrole nitrogens is 1. The van der Waals surface area contributed by atoms with Crippen LogP contribution in [0.15, 0.2) is 54.7 Å². The smallest absolute Gasteiger partial charge is 0.123 e. The monoisotopic (exact) mass is 268 g/mol. The second-order valence-corrected chi connectivity index (χ2v) is 5.02. The summed E-state index contributed by atoms with van der Waals surface area (Å²) in [5.74, 6) is -0.191. The van der Waals surface area contributed by atoms with E-state index in [2.05, 4.69) is 22.4 Å². The van der Waals surface area contributed by atoms with E-state index in [-0.39, 0.29) is 11.9 Å². The standard InChI is InChI=1S/C17H17FN2/c1-12(13-5-4-6-15(18)9-13)19-10-14-11-20-17-8-3-2-7-16(14)17/h2-9,11-12,19-20H,10H2,1H3/t12-/m1/s1. The maximum Gasteiger partial charge on any atom is 0.123 e. The first-order valence-corrected chi connectivity index (χ1v) is 6.78. The topological polar surface area (TPSA) is 27.8 Å². The number of aromatic amines is 1. The molecule has 102 valence electrons. The molecule has 0 fully saturated rings. The fraction of sp³-hybridized carbons (Fsp3) is 0.176. The molecule has 0 bridgehead atoms. The van der Waals surface area contributed by atoms with Gasteiger partial charge in [-0.25, -0.2) is 4.39 Å². The van der Waals surface area contributed by atoms with Gasteiger partial charge in [-0.05, 0) is 36.2 Å². The van der Waals surface area contributed by atoms with E-state index in [1.807, 2.05) is 31.3 Å². The van der Waals surface area contributed by atoms with Crippen molar-refractivity contribution in [2.45, 2.75) is 19.5 Å². The van der Waals surface area contributed by atoms with Gasteiger partial charge in [-0.3, -0.25) is 0 Å². The summed E-state index contributed by atoms with van der Waals surface area (Å²) in [4.78, 5) is 3.26. The molecule has 3 heteroatoms. The number of nitrogens with one attached hydrogen (secondary N) is 2. The Morgan fingerprint density at radius 1 is 1.15 bits per heavy atom. The highest BCUT2D eigenvalue weighted by Gasteiger charge is 2.08. The molecule has 0 spiro atoms. The van der Waals surface area contributed by atoms with Gasteiger partial charge in [0.15, 0.2) is 0 Å². The van der Waals surface area contributed by atoms with Crippen LogP contribution in [0, 0.1) is 5.82 Å². The Hall–Kier alpha value is -2.13. The molecule has 0 saturated heterocycles. The molecule has 0 radical (unpaired) electrons. The molecule has 0 amide bonds. The molecule has 0 aliphatic carbocycles. The summed E-state index contributed by atoms with van der Waals surface area (Å²) in [5.41, 5.74) is 3.33. The van der Waals surface area contributed by atoms with Crippen LogP contribution in [0.5, 0.6) is 0 Å². The van der Waals surface area contributed by atoms with Crippen molar-refractivity contribution in [1.29, 1.82) is 0 Å². The maximum atomic E-state index is 13.2. The summed E-state index contributed by atoms with van der Waals surface area (Å²) in [6.07, 6.45) is 2.02. The number of hydrogen-bond donors (Lipinski definition) is 2. The van der Waals surface area contributed by atoms with Gasteiger partial charge in [0.25, 0.3) is 0 Å². The lowest BCUT2D eigenvalue weighted by Gasteiger charge is -2.14. The highest BCUT2D eigenvalue weighted by atomic mass is 19.1. The molecule has 20 heavy (non-hydrogen) atoms. The molecule has 0 saturated carbocycles. The van der Waals surface area contributed by atoms with E-state index in [9.17, 15) is 4.39 Å². The Bertz CT molecular complexity index is 718. The molecule has 2 nitrogen and oxygen atoms in total. The lowest BCUT2D eigenvalue weighted by molar-refractivity contribution is 0.566. The molecular weight excluding hydrogens is 251 g/mol. The molecular formula is C17H17FN2. The zero-order valence-electron chi connectivity index (χ0n) is 11.4. The molecule has 2 aromatic carbocycles. The van der Waals surface area contributed by atoms with Gasteiger partial charge in [0.2, 0.25) is 0 Å². The molecule has 0 aliphatic heterocycles. The van der Waals surface area contributed by atoms with Crippen molar-refractivity contribution >= 4 is 10.9 Å². The zero-order chi connectivity index (χ0) is 13.9. The van der Waals surface area contributed by atoms with E-state index < -0.39 is 0 Å². The van der Waals surface area contributed by atoms with E-state index in [4.69, 9.17) is 0 Å². The van der Waals surface area contributed by atoms with Crippen LogP contribution in [0.4, 0.5) is 4.39 Å². The van der Waals surface area contributed by atoms with E-state index in [1.54, 1.807) is 12.1 Å². The molecule has 2 N–H and O–H groups in total. The third-order valence-corrected chi connectivity index (χ3v) is 3.62. The molecule has 3 rings (SSSR count). The Kier molecular flexibility index (Phi) is 3.52. The van der Waals surface area contributed by atoms with Crippen molar-refractivity contribution in [3.63, 3.8) is 0 Å². The predicted octanol–water partition coefficient (Wildman–Crippen LogP) is 4.16. The van der Waals surface area contributed by atoms with Gasteiger partial charge in [-0.15, -0.1) is 0 Å². The van der Waals surface area contributed by atoms with E-state index >= 15 is 0 Å². The summed E-state index contributed by atoms with van der Waals surface area (Å²) in [7, 11) is 0. The molecule has 0 unspecified atom stereocenters. The number of para-hydroxylation sites is 1. The van der Waals surface area contributed by atoms with Gasteiger partial charge >= 0.3 is 0 Å². The minimum Gasteiger partial charge on any atom is -0.361 e. The number of halogens is 1. The SMILES string of the molecule is C[C@@H](NCc1c[nH]c2ccccc12)c1cccc(F)c1. The Morgan fingerprint density at radius 2 is 2.00 bits per heavy atom. The number of benzene rings is 2. The average Bonchev–Trinajstić information content (AvgIpc) is 2.88. The third kappa shape index (κ3) is 2.58. The van der Waals surface area contributed by atoms with Crippen LogP contribution in [0.25, 0.3) is 10.9 Å². The second kappa shape index (κ2) is 5.47. The summed E-state index contributed by atoms with van der Waals surface area (Å²) in [6, 6.07) is 15.1. The van der Waals surface area contributed by atoms with Crippen LogP contribution in [0.2, 0.25) is 0 Å². The van der Waals surface area contributed by atoms with Crippen LogP contribution in [-0.2, 0) is 6.54 Å². The lowest BCUT2D eigenvalue weighted by atomic mass is 10.1. The van der Waals surface area contributed by atoms with Gasteiger partial charge in [-0.2, -0.15) is 0 Å². The average molecular weight is 268 g/mol. The second-order valence-electron chi connectivity index (χ2n) is 5.02. The summed E-state index contributed by atoms with van der Waals surface area (Å²) < 4.78 is 13.2. The number of hydrogen-bond acceptors (Lipinski definition) is 1. The van der Waals surface area contributed by atoms with Crippen LogP contribution >= 0.6 is 0 Å². The number of aromatic nitrogens is 1. The fourth-order valence-corrected chi connectivity index (χ4v) is 2.43. The quantitative estimate of drug-likeness (QED) is 0.730. The van der Waals surface area contributed by atoms with Crippen LogP contribution in [0.1, 0.15) is 24.1 Å². The molecule has 0 aliphatic rings. The van der Waals surface area contributed by atoms with Crippen molar-refractivity contribution in [3.05, 3.63) is 71.7 Å². The van der Waals surface area contributed by atoms with E-state index in [0.717, 1.165) is 17.6 Å². The Balaban J connectivity index is 1.73. The van der Waals surface area contributed by atoms with Gasteiger partial charge in [0, 0.05) is 29.7 Å². The fourth-order valence-electron chi connectivity index (χ4n) is 2.43. The van der Waals surface area contributed by atoms with Crippen molar-refractivity contribution in [3.8, 4) is 0 Å². The van der Waals surface area contributed by atoms with Gasteiger partial charge < -0.3 is 10.3 Å². The molecule has 3 aromatic rings. The first-order chi connectivity index (χ1) is 9.74. The molecule has 1 atom stereocenters. The first kappa shape index (κ1) is 12.9. The van der Waals surface area contributed by atoms with Gasteiger partial charge in [0.05, 0.1) is 0 Å². The van der Waals surface area contributed by atoms with Crippen molar-refractivity contribution in [2.75, 3.05) is 0 Å². The van der Waals surface area contributed by atoms with Crippen LogP contribution < -0.4 is 5.32 Å². The predicted molar refractivity (Wildman–Crippen MR) is 80.0 cm³/mol.